The van der Waals surface area contributed by atoms with Gasteiger partial charge in [-0.05, 0) is 51.2 Å². The number of nitrogen functional groups attached to an aromatic ring is 1. The van der Waals surface area contributed by atoms with Gasteiger partial charge in [-0.2, -0.15) is 0 Å². The van der Waals surface area contributed by atoms with Crippen molar-refractivity contribution in [3.05, 3.63) is 36.2 Å². The number of nitrogens with zero attached hydrogens (tertiary/aromatic N) is 2. The monoisotopic (exact) mass is 485 g/mol. The maximum absolute atomic E-state index is 12.4. The van der Waals surface area contributed by atoms with Crippen molar-refractivity contribution >= 4 is 33.5 Å². The van der Waals surface area contributed by atoms with Crippen LogP contribution in [-0.2, 0) is 19.4 Å². The lowest BCUT2D eigenvalue weighted by molar-refractivity contribution is -0.122. The summed E-state index contributed by atoms with van der Waals surface area (Å²) in [7, 11) is -3.41. The standard InChI is InChI=1S/C22H27N7O4S/c1-11(2)34(31,32)15-7-4-12(5-8-15)16-10-26-19(23)18(28-16)20(24)33-22(25)29-21(30)17-13-3-6-14(9-13)27-17/h4-5,7-8,10-11,13-14,17,24,27H,3,6,9H2,1-2H3,(H2,23,26)(H2,25,29,30)/t13?,14-,17-/m0/s1. The minimum absolute atomic E-state index is 0.0818. The van der Waals surface area contributed by atoms with Crippen molar-refractivity contribution in [3.63, 3.8) is 0 Å². The maximum atomic E-state index is 12.4. The van der Waals surface area contributed by atoms with Crippen LogP contribution in [0.3, 0.4) is 0 Å². The maximum Gasteiger partial charge on any atom is 0.295 e. The third-order valence-electron chi connectivity index (χ3n) is 6.20. The Morgan fingerprint density at radius 3 is 2.53 bits per heavy atom. The second-order valence-electron chi connectivity index (χ2n) is 8.77. The van der Waals surface area contributed by atoms with Crippen LogP contribution < -0.4 is 16.4 Å². The highest BCUT2D eigenvalue weighted by Gasteiger charge is 2.43. The normalized spacial score (nSPS) is 21.4. The van der Waals surface area contributed by atoms with E-state index >= 15 is 0 Å². The number of amides is 1. The molecule has 0 radical (unpaired) electrons. The van der Waals surface area contributed by atoms with Crippen LogP contribution in [0.2, 0.25) is 0 Å². The molecule has 1 aliphatic carbocycles. The first-order valence-electron chi connectivity index (χ1n) is 11.0. The summed E-state index contributed by atoms with van der Waals surface area (Å²) in [6.07, 6.45) is 4.37. The summed E-state index contributed by atoms with van der Waals surface area (Å²) >= 11 is 0. The van der Waals surface area contributed by atoms with E-state index in [9.17, 15) is 13.2 Å². The largest absolute Gasteiger partial charge is 0.405 e. The van der Waals surface area contributed by atoms with E-state index in [-0.39, 0.29) is 34.3 Å². The summed E-state index contributed by atoms with van der Waals surface area (Å²) < 4.78 is 29.8. The Morgan fingerprint density at radius 2 is 1.94 bits per heavy atom. The molecule has 12 heteroatoms. The number of hydrogen-bond donors (Lipinski definition) is 5. The molecule has 1 saturated heterocycles. The molecule has 4 rings (SSSR count). The van der Waals surface area contributed by atoms with Gasteiger partial charge in [0.05, 0.1) is 28.1 Å². The predicted molar refractivity (Wildman–Crippen MR) is 126 cm³/mol. The third kappa shape index (κ3) is 4.64. The zero-order valence-corrected chi connectivity index (χ0v) is 19.6. The number of anilines is 1. The van der Waals surface area contributed by atoms with Crippen LogP contribution in [0.4, 0.5) is 5.82 Å². The number of ether oxygens (including phenoxy) is 1. The van der Waals surface area contributed by atoms with Crippen LogP contribution in [0.5, 0.6) is 0 Å². The highest BCUT2D eigenvalue weighted by molar-refractivity contribution is 7.92. The Kier molecular flexibility index (Phi) is 6.36. The summed E-state index contributed by atoms with van der Waals surface area (Å²) in [5.74, 6) is -0.745. The molecule has 1 amide bonds. The number of fused-ring (bicyclic) bond motifs is 2. The lowest BCUT2D eigenvalue weighted by Crippen LogP contribution is -2.49. The highest BCUT2D eigenvalue weighted by Crippen LogP contribution is 2.35. The number of carbonyl (C=O) groups excluding carboxylic acids is 1. The Balaban J connectivity index is 1.44. The number of amidine groups is 1. The van der Waals surface area contributed by atoms with Gasteiger partial charge in [0.25, 0.3) is 6.02 Å². The van der Waals surface area contributed by atoms with Crippen molar-refractivity contribution in [2.45, 2.75) is 55.3 Å². The van der Waals surface area contributed by atoms with Crippen molar-refractivity contribution in [2.75, 3.05) is 5.73 Å². The van der Waals surface area contributed by atoms with Gasteiger partial charge in [-0.3, -0.25) is 20.9 Å². The molecule has 2 heterocycles. The van der Waals surface area contributed by atoms with Crippen LogP contribution >= 0.6 is 0 Å². The zero-order chi connectivity index (χ0) is 24.6. The molecule has 1 unspecified atom stereocenters. The molecule has 6 N–H and O–H groups in total. The third-order valence-corrected chi connectivity index (χ3v) is 8.37. The Morgan fingerprint density at radius 1 is 1.24 bits per heavy atom. The first-order valence-corrected chi connectivity index (χ1v) is 12.5. The van der Waals surface area contributed by atoms with E-state index < -0.39 is 27.0 Å². The van der Waals surface area contributed by atoms with E-state index in [1.54, 1.807) is 26.0 Å². The van der Waals surface area contributed by atoms with Crippen LogP contribution in [0, 0.1) is 16.7 Å². The average Bonchev–Trinajstić information content (AvgIpc) is 3.43. The molecule has 1 saturated carbocycles. The van der Waals surface area contributed by atoms with Crippen LogP contribution in [0.1, 0.15) is 38.8 Å². The van der Waals surface area contributed by atoms with Gasteiger partial charge in [0.1, 0.15) is 0 Å². The molecule has 2 aliphatic rings. The summed E-state index contributed by atoms with van der Waals surface area (Å²) in [6, 6.07) is 5.52. The lowest BCUT2D eigenvalue weighted by atomic mass is 9.99. The molecule has 1 aromatic heterocycles. The number of nitrogens with one attached hydrogen (secondary N) is 4. The topological polar surface area (TPSA) is 184 Å². The fraction of sp³-hybridized carbons (Fsp3) is 0.409. The second kappa shape index (κ2) is 9.11. The molecular formula is C22H27N7O4S. The predicted octanol–water partition coefficient (Wildman–Crippen LogP) is 1.44. The molecule has 2 bridgehead atoms. The number of piperidine rings is 1. The van der Waals surface area contributed by atoms with Crippen LogP contribution in [0.15, 0.2) is 35.4 Å². The second-order valence-corrected chi connectivity index (χ2v) is 11.3. The molecule has 3 atom stereocenters. The van der Waals surface area contributed by atoms with Gasteiger partial charge < -0.3 is 15.8 Å². The molecule has 180 valence electrons. The SMILES string of the molecule is CC(C)S(=O)(=O)c1ccc(-c2cnc(N)c(C(=N)OC(=N)NC(=O)[C@H]3N[C@H]4CCC3C4)n2)cc1. The van der Waals surface area contributed by atoms with E-state index in [2.05, 4.69) is 20.6 Å². The quantitative estimate of drug-likeness (QED) is 0.311. The molecule has 1 aliphatic heterocycles. The van der Waals surface area contributed by atoms with Crippen molar-refractivity contribution < 1.29 is 17.9 Å². The number of aromatic nitrogens is 2. The fourth-order valence-corrected chi connectivity index (χ4v) is 5.37. The van der Waals surface area contributed by atoms with Crippen molar-refractivity contribution in [2.24, 2.45) is 5.92 Å². The van der Waals surface area contributed by atoms with Crippen molar-refractivity contribution in [1.29, 1.82) is 10.8 Å². The molecular weight excluding hydrogens is 458 g/mol. The van der Waals surface area contributed by atoms with Gasteiger partial charge in [0.2, 0.25) is 11.8 Å². The van der Waals surface area contributed by atoms with Crippen LogP contribution in [-0.4, -0.2) is 53.5 Å². The zero-order valence-electron chi connectivity index (χ0n) is 18.8. The highest BCUT2D eigenvalue weighted by atomic mass is 32.2. The first-order chi connectivity index (χ1) is 16.1. The number of sulfone groups is 1. The Bertz CT molecular complexity index is 1240. The first kappa shape index (κ1) is 23.8. The summed E-state index contributed by atoms with van der Waals surface area (Å²) in [5, 5.41) is 21.2. The number of rotatable bonds is 5. The number of hydrogen-bond acceptors (Lipinski definition) is 10. The van der Waals surface area contributed by atoms with Crippen molar-refractivity contribution in [1.82, 2.24) is 20.6 Å². The van der Waals surface area contributed by atoms with Crippen molar-refractivity contribution in [3.8, 4) is 11.3 Å². The van der Waals surface area contributed by atoms with Gasteiger partial charge in [0.15, 0.2) is 21.3 Å². The van der Waals surface area contributed by atoms with Gasteiger partial charge in [-0.25, -0.2) is 18.4 Å². The molecule has 34 heavy (non-hydrogen) atoms. The average molecular weight is 486 g/mol. The number of carbonyl (C=O) groups is 1. The van der Waals surface area contributed by atoms with E-state index in [1.165, 1.54) is 18.3 Å². The van der Waals surface area contributed by atoms with E-state index in [4.69, 9.17) is 21.3 Å². The smallest absolute Gasteiger partial charge is 0.295 e. The number of nitrogens with two attached hydrogens (primary N) is 1. The molecule has 0 spiro atoms. The molecule has 1 aromatic carbocycles. The van der Waals surface area contributed by atoms with Gasteiger partial charge in [-0.1, -0.05) is 12.1 Å². The molecule has 11 nitrogen and oxygen atoms in total. The molecule has 2 aromatic rings. The van der Waals surface area contributed by atoms with E-state index in [0.717, 1.165) is 19.3 Å². The summed E-state index contributed by atoms with van der Waals surface area (Å²) in [5.41, 5.74) is 6.66. The number of benzene rings is 1. The van der Waals surface area contributed by atoms with Gasteiger partial charge in [-0.15, -0.1) is 0 Å². The molecule has 2 fully saturated rings. The fourth-order valence-electron chi connectivity index (χ4n) is 4.31. The minimum atomic E-state index is -3.41. The minimum Gasteiger partial charge on any atom is -0.405 e. The van der Waals surface area contributed by atoms with E-state index in [1.807, 2.05) is 0 Å². The Hall–Kier alpha value is -3.38. The Labute approximate surface area is 197 Å². The summed E-state index contributed by atoms with van der Waals surface area (Å²) in [4.78, 5) is 21.0. The van der Waals surface area contributed by atoms with Gasteiger partial charge in [0, 0.05) is 11.6 Å². The lowest BCUT2D eigenvalue weighted by Gasteiger charge is -2.22. The van der Waals surface area contributed by atoms with E-state index in [0.29, 0.717) is 17.3 Å². The van der Waals surface area contributed by atoms with Gasteiger partial charge >= 0.3 is 0 Å². The summed E-state index contributed by atoms with van der Waals surface area (Å²) in [6.45, 7) is 3.22. The van der Waals surface area contributed by atoms with Crippen LogP contribution in [0.25, 0.3) is 11.3 Å².